The number of methoxy groups -OCH3 is 1. The van der Waals surface area contributed by atoms with Crippen LogP contribution in [0.4, 0.5) is 0 Å². The Bertz CT molecular complexity index is 1010. The summed E-state index contributed by atoms with van der Waals surface area (Å²) in [5.41, 5.74) is 3.32. The third-order valence-electron chi connectivity index (χ3n) is 5.63. The van der Waals surface area contributed by atoms with Gasteiger partial charge in [-0.3, -0.25) is 14.8 Å². The summed E-state index contributed by atoms with van der Waals surface area (Å²) in [5.74, 6) is 0.438. The lowest BCUT2D eigenvalue weighted by atomic mass is 10.2. The van der Waals surface area contributed by atoms with E-state index >= 15 is 0 Å². The van der Waals surface area contributed by atoms with E-state index in [1.807, 2.05) is 54.2 Å². The molecule has 0 saturated carbocycles. The third kappa shape index (κ3) is 5.15. The van der Waals surface area contributed by atoms with E-state index in [-0.39, 0.29) is 5.97 Å². The molecule has 0 spiro atoms. The highest BCUT2D eigenvalue weighted by Gasteiger charge is 2.24. The Balaban J connectivity index is 1.49. The van der Waals surface area contributed by atoms with Gasteiger partial charge in [-0.05, 0) is 43.3 Å². The Labute approximate surface area is 188 Å². The second-order valence-corrected chi connectivity index (χ2v) is 7.71. The van der Waals surface area contributed by atoms with Gasteiger partial charge in [-0.15, -0.1) is 0 Å². The van der Waals surface area contributed by atoms with E-state index < -0.39 is 0 Å². The molecule has 32 heavy (non-hydrogen) atoms. The molecule has 1 aliphatic heterocycles. The molecule has 0 unspecified atom stereocenters. The molecule has 168 valence electrons. The molecule has 8 heteroatoms. The van der Waals surface area contributed by atoms with Crippen LogP contribution in [0.15, 0.2) is 54.9 Å². The summed E-state index contributed by atoms with van der Waals surface area (Å²) < 4.78 is 12.4. The number of piperazine rings is 1. The highest BCUT2D eigenvalue weighted by Crippen LogP contribution is 2.21. The lowest BCUT2D eigenvalue weighted by Crippen LogP contribution is -2.45. The van der Waals surface area contributed by atoms with Gasteiger partial charge in [-0.1, -0.05) is 6.07 Å². The van der Waals surface area contributed by atoms with Crippen molar-refractivity contribution >= 4 is 5.97 Å². The highest BCUT2D eigenvalue weighted by molar-refractivity contribution is 5.90. The molecule has 0 radical (unpaired) electrons. The molecule has 1 saturated heterocycles. The van der Waals surface area contributed by atoms with Crippen molar-refractivity contribution in [3.05, 3.63) is 71.8 Å². The summed E-state index contributed by atoms with van der Waals surface area (Å²) >= 11 is 0. The minimum Gasteiger partial charge on any atom is -0.497 e. The van der Waals surface area contributed by atoms with Crippen molar-refractivity contribution in [3.8, 4) is 11.4 Å². The lowest BCUT2D eigenvalue weighted by molar-refractivity contribution is 0.0522. The van der Waals surface area contributed by atoms with E-state index in [4.69, 9.17) is 9.47 Å². The van der Waals surface area contributed by atoms with Crippen LogP contribution in [0.3, 0.4) is 0 Å². The zero-order chi connectivity index (χ0) is 22.3. The van der Waals surface area contributed by atoms with Crippen LogP contribution in [0.1, 0.15) is 28.7 Å². The maximum absolute atomic E-state index is 12.6. The first-order chi connectivity index (χ1) is 15.7. The molecular formula is C24H29N5O3. The minimum absolute atomic E-state index is 0.332. The summed E-state index contributed by atoms with van der Waals surface area (Å²) in [6, 6.07) is 13.7. The van der Waals surface area contributed by atoms with Gasteiger partial charge < -0.3 is 9.47 Å². The van der Waals surface area contributed by atoms with Crippen LogP contribution in [-0.4, -0.2) is 70.4 Å². The van der Waals surface area contributed by atoms with Crippen molar-refractivity contribution < 1.29 is 14.3 Å². The monoisotopic (exact) mass is 435 g/mol. The largest absolute Gasteiger partial charge is 0.497 e. The van der Waals surface area contributed by atoms with Gasteiger partial charge in [0.15, 0.2) is 0 Å². The Morgan fingerprint density at radius 2 is 1.72 bits per heavy atom. The number of hydrogen-bond donors (Lipinski definition) is 0. The van der Waals surface area contributed by atoms with Gasteiger partial charge in [-0.2, -0.15) is 5.10 Å². The number of pyridine rings is 1. The number of rotatable bonds is 8. The fourth-order valence-corrected chi connectivity index (χ4v) is 3.89. The first-order valence-corrected chi connectivity index (χ1v) is 10.9. The lowest BCUT2D eigenvalue weighted by Gasteiger charge is -2.34. The molecule has 2 aromatic heterocycles. The number of carbonyl (C=O) groups excluding carboxylic acids is 1. The molecule has 1 fully saturated rings. The molecule has 0 atom stereocenters. The predicted molar refractivity (Wildman–Crippen MR) is 121 cm³/mol. The van der Waals surface area contributed by atoms with Crippen molar-refractivity contribution in [2.24, 2.45) is 0 Å². The fourth-order valence-electron chi connectivity index (χ4n) is 3.89. The average molecular weight is 436 g/mol. The van der Waals surface area contributed by atoms with Gasteiger partial charge in [0.05, 0.1) is 37.0 Å². The van der Waals surface area contributed by atoms with E-state index in [9.17, 15) is 4.79 Å². The smallest absolute Gasteiger partial charge is 0.341 e. The number of benzene rings is 1. The van der Waals surface area contributed by atoms with Crippen LogP contribution in [0.25, 0.3) is 5.69 Å². The topological polar surface area (TPSA) is 72.7 Å². The van der Waals surface area contributed by atoms with Crippen molar-refractivity contribution in [2.45, 2.75) is 20.0 Å². The van der Waals surface area contributed by atoms with Gasteiger partial charge in [0.1, 0.15) is 11.3 Å². The average Bonchev–Trinajstić information content (AvgIpc) is 3.25. The first-order valence-electron chi connectivity index (χ1n) is 10.9. The Morgan fingerprint density at radius 3 is 2.34 bits per heavy atom. The van der Waals surface area contributed by atoms with E-state index in [2.05, 4.69) is 25.9 Å². The normalized spacial score (nSPS) is 14.9. The molecule has 8 nitrogen and oxygen atoms in total. The van der Waals surface area contributed by atoms with Gasteiger partial charge in [-0.25, -0.2) is 9.48 Å². The number of hydrogen-bond acceptors (Lipinski definition) is 7. The molecule has 3 heterocycles. The maximum atomic E-state index is 12.6. The molecule has 0 aliphatic carbocycles. The number of aromatic nitrogens is 3. The predicted octanol–water partition coefficient (Wildman–Crippen LogP) is 2.77. The minimum atomic E-state index is -0.337. The second-order valence-electron chi connectivity index (χ2n) is 7.71. The van der Waals surface area contributed by atoms with Crippen LogP contribution in [0, 0.1) is 0 Å². The van der Waals surface area contributed by atoms with Crippen LogP contribution in [-0.2, 0) is 17.8 Å². The zero-order valence-corrected chi connectivity index (χ0v) is 18.6. The van der Waals surface area contributed by atoms with E-state index in [0.29, 0.717) is 18.7 Å². The summed E-state index contributed by atoms with van der Waals surface area (Å²) in [4.78, 5) is 21.8. The van der Waals surface area contributed by atoms with Crippen molar-refractivity contribution in [3.63, 3.8) is 0 Å². The van der Waals surface area contributed by atoms with Crippen molar-refractivity contribution in [1.29, 1.82) is 0 Å². The number of ether oxygens (including phenoxy) is 2. The molecule has 0 bridgehead atoms. The van der Waals surface area contributed by atoms with Crippen LogP contribution < -0.4 is 4.74 Å². The van der Waals surface area contributed by atoms with E-state index in [1.54, 1.807) is 13.3 Å². The van der Waals surface area contributed by atoms with Crippen LogP contribution in [0.2, 0.25) is 0 Å². The van der Waals surface area contributed by atoms with Gasteiger partial charge >= 0.3 is 5.97 Å². The second kappa shape index (κ2) is 10.4. The molecular weight excluding hydrogens is 406 g/mol. The Hall–Kier alpha value is -3.23. The number of esters is 1. The molecule has 3 aromatic rings. The molecule has 1 aliphatic rings. The molecule has 1 aromatic carbocycles. The zero-order valence-electron chi connectivity index (χ0n) is 18.6. The Kier molecular flexibility index (Phi) is 7.14. The van der Waals surface area contributed by atoms with Gasteiger partial charge in [0, 0.05) is 45.5 Å². The van der Waals surface area contributed by atoms with Crippen molar-refractivity contribution in [2.75, 3.05) is 39.9 Å². The summed E-state index contributed by atoms with van der Waals surface area (Å²) in [6.07, 6.45) is 3.44. The van der Waals surface area contributed by atoms with Gasteiger partial charge in [0.25, 0.3) is 0 Å². The van der Waals surface area contributed by atoms with E-state index in [0.717, 1.165) is 55.5 Å². The fraction of sp³-hybridized carbons (Fsp3) is 0.375. The Morgan fingerprint density at radius 1 is 1.00 bits per heavy atom. The first kappa shape index (κ1) is 22.0. The highest BCUT2D eigenvalue weighted by atomic mass is 16.5. The molecule has 4 rings (SSSR count). The number of carbonyl (C=O) groups is 1. The van der Waals surface area contributed by atoms with E-state index in [1.165, 1.54) is 0 Å². The van der Waals surface area contributed by atoms with Gasteiger partial charge in [0.2, 0.25) is 0 Å². The molecule has 0 amide bonds. The summed E-state index contributed by atoms with van der Waals surface area (Å²) in [7, 11) is 1.64. The summed E-state index contributed by atoms with van der Waals surface area (Å²) in [5, 5.41) is 4.51. The third-order valence-corrected chi connectivity index (χ3v) is 5.63. The quantitative estimate of drug-likeness (QED) is 0.504. The SMILES string of the molecule is CCOC(=O)c1cnn(-c2ccc(OC)cc2)c1CN1CCN(Cc2ccccn2)CC1. The van der Waals surface area contributed by atoms with Crippen LogP contribution in [0.5, 0.6) is 5.75 Å². The van der Waals surface area contributed by atoms with Crippen molar-refractivity contribution in [1.82, 2.24) is 24.6 Å². The number of nitrogens with zero attached hydrogens (tertiary/aromatic N) is 5. The maximum Gasteiger partial charge on any atom is 0.341 e. The summed E-state index contributed by atoms with van der Waals surface area (Å²) in [6.45, 7) is 7.32. The van der Waals surface area contributed by atoms with Crippen LogP contribution >= 0.6 is 0 Å². The standard InChI is InChI=1S/C24H29N5O3/c1-3-32-24(30)22-16-26-29(20-7-9-21(31-2)10-8-20)23(22)18-28-14-12-27(13-15-28)17-19-6-4-5-11-25-19/h4-11,16H,3,12-15,17-18H2,1-2H3. The molecule has 0 N–H and O–H groups in total.